The molecule has 0 aromatic carbocycles. The van der Waals surface area contributed by atoms with Crippen LogP contribution in [0.3, 0.4) is 0 Å². The van der Waals surface area contributed by atoms with Crippen LogP contribution in [-0.2, 0) is 9.53 Å². The monoisotopic (exact) mass is 418 g/mol. The van der Waals surface area contributed by atoms with Gasteiger partial charge in [-0.2, -0.15) is 0 Å². The Morgan fingerprint density at radius 3 is 2.55 bits per heavy atom. The molecule has 5 rings (SSSR count). The van der Waals surface area contributed by atoms with Crippen molar-refractivity contribution in [3.63, 3.8) is 0 Å². The number of pyridine rings is 2. The Morgan fingerprint density at radius 1 is 1.00 bits per heavy atom. The van der Waals surface area contributed by atoms with Crippen LogP contribution in [-0.4, -0.2) is 81.6 Å². The number of hydrogen-bond acceptors (Lipinski definition) is 7. The summed E-state index contributed by atoms with van der Waals surface area (Å²) in [7, 11) is 0. The quantitative estimate of drug-likeness (QED) is 0.642. The van der Waals surface area contributed by atoms with Crippen molar-refractivity contribution in [1.82, 2.24) is 29.7 Å². The van der Waals surface area contributed by atoms with Gasteiger partial charge in [0.1, 0.15) is 6.33 Å². The lowest BCUT2D eigenvalue weighted by Gasteiger charge is -2.34. The first-order valence-corrected chi connectivity index (χ1v) is 10.9. The fourth-order valence-electron chi connectivity index (χ4n) is 4.35. The van der Waals surface area contributed by atoms with Crippen LogP contribution >= 0.6 is 0 Å². The van der Waals surface area contributed by atoms with Crippen LogP contribution < -0.4 is 0 Å². The highest BCUT2D eigenvalue weighted by Gasteiger charge is 2.25. The Balaban J connectivity index is 1.22. The molecule has 5 heterocycles. The van der Waals surface area contributed by atoms with Crippen molar-refractivity contribution in [3.05, 3.63) is 48.8 Å². The number of ether oxygens (including phenoxy) is 1. The second-order valence-corrected chi connectivity index (χ2v) is 8.18. The van der Waals surface area contributed by atoms with Crippen LogP contribution in [0.25, 0.3) is 22.2 Å². The van der Waals surface area contributed by atoms with Crippen molar-refractivity contribution in [2.45, 2.75) is 18.8 Å². The molecule has 1 amide bonds. The highest BCUT2D eigenvalue weighted by Crippen LogP contribution is 2.29. The molecule has 0 aliphatic carbocycles. The molecule has 0 spiro atoms. The number of likely N-dealkylation sites (tertiary alicyclic amines) is 1. The van der Waals surface area contributed by atoms with Crippen LogP contribution in [0.4, 0.5) is 0 Å². The minimum atomic E-state index is 0.217. The number of fused-ring (bicyclic) bond motifs is 1. The first-order chi connectivity index (χ1) is 15.3. The Labute approximate surface area is 181 Å². The van der Waals surface area contributed by atoms with Crippen LogP contribution in [0.15, 0.2) is 43.1 Å². The highest BCUT2D eigenvalue weighted by atomic mass is 16.5. The molecular weight excluding hydrogens is 392 g/mol. The zero-order chi connectivity index (χ0) is 21.0. The molecule has 0 radical (unpaired) electrons. The van der Waals surface area contributed by atoms with Crippen LogP contribution in [0.5, 0.6) is 0 Å². The van der Waals surface area contributed by atoms with E-state index in [0.29, 0.717) is 38.8 Å². The van der Waals surface area contributed by atoms with Gasteiger partial charge in [0.05, 0.1) is 19.8 Å². The van der Waals surface area contributed by atoms with Crippen molar-refractivity contribution < 1.29 is 9.53 Å². The summed E-state index contributed by atoms with van der Waals surface area (Å²) in [6, 6.07) is 6.30. The lowest BCUT2D eigenvalue weighted by molar-refractivity contribution is -0.136. The highest BCUT2D eigenvalue weighted by molar-refractivity contribution is 5.80. The number of nitrogens with zero attached hydrogens (tertiary/aromatic N) is 6. The Hall–Kier alpha value is -2.97. The molecule has 2 aliphatic heterocycles. The normalized spacial score (nSPS) is 18.4. The van der Waals surface area contributed by atoms with Gasteiger partial charge in [-0.15, -0.1) is 0 Å². The smallest absolute Gasteiger partial charge is 0.236 e. The molecule has 0 bridgehead atoms. The summed E-state index contributed by atoms with van der Waals surface area (Å²) < 4.78 is 5.34. The van der Waals surface area contributed by atoms with Gasteiger partial charge >= 0.3 is 0 Å². The molecular formula is C23H26N6O2. The Morgan fingerprint density at radius 2 is 1.77 bits per heavy atom. The number of rotatable bonds is 4. The third-order valence-electron chi connectivity index (χ3n) is 6.19. The van der Waals surface area contributed by atoms with Gasteiger partial charge in [-0.05, 0) is 44.1 Å². The zero-order valence-corrected chi connectivity index (χ0v) is 17.5. The first-order valence-electron chi connectivity index (χ1n) is 10.9. The molecule has 3 aromatic rings. The summed E-state index contributed by atoms with van der Waals surface area (Å²) in [5, 5.41) is 1.01. The van der Waals surface area contributed by atoms with E-state index in [1.807, 2.05) is 11.1 Å². The molecule has 0 saturated carbocycles. The SMILES string of the molecule is O=C(CN1CCC(c2ccc3cc(-c4cncnc4)cnc3n2)CC1)N1CCOCC1. The number of carbonyl (C=O) groups is 1. The summed E-state index contributed by atoms with van der Waals surface area (Å²) in [4.78, 5) is 34.3. The van der Waals surface area contributed by atoms with Crippen LogP contribution in [0.1, 0.15) is 24.5 Å². The molecule has 8 heteroatoms. The van der Waals surface area contributed by atoms with Gasteiger partial charge in [0.25, 0.3) is 0 Å². The summed E-state index contributed by atoms with van der Waals surface area (Å²) in [5.41, 5.74) is 3.79. The van der Waals surface area contributed by atoms with Crippen molar-refractivity contribution >= 4 is 16.9 Å². The number of aromatic nitrogens is 4. The maximum Gasteiger partial charge on any atom is 0.236 e. The minimum absolute atomic E-state index is 0.217. The van der Waals surface area contributed by atoms with Gasteiger partial charge in [0, 0.05) is 59.8 Å². The third-order valence-corrected chi connectivity index (χ3v) is 6.19. The molecule has 160 valence electrons. The first kappa shape index (κ1) is 20.0. The number of carbonyl (C=O) groups excluding carboxylic acids is 1. The second kappa shape index (κ2) is 9.03. The predicted molar refractivity (Wildman–Crippen MR) is 116 cm³/mol. The standard InChI is InChI=1S/C23H26N6O2/c30-22(29-7-9-31-10-8-29)15-28-5-3-17(4-6-28)21-2-1-18-11-19(14-26-23(18)27-21)20-12-24-16-25-13-20/h1-2,11-14,16-17H,3-10,15H2. The Bertz CT molecular complexity index is 1050. The van der Waals surface area contributed by atoms with E-state index in [4.69, 9.17) is 9.72 Å². The Kier molecular flexibility index (Phi) is 5.82. The van der Waals surface area contributed by atoms with E-state index >= 15 is 0 Å². The molecule has 0 atom stereocenters. The van der Waals surface area contributed by atoms with E-state index in [-0.39, 0.29) is 5.91 Å². The molecule has 8 nitrogen and oxygen atoms in total. The van der Waals surface area contributed by atoms with Crippen molar-refractivity contribution in [2.75, 3.05) is 45.9 Å². The van der Waals surface area contributed by atoms with Gasteiger partial charge in [-0.1, -0.05) is 0 Å². The van der Waals surface area contributed by atoms with Crippen LogP contribution in [0, 0.1) is 0 Å². The fourth-order valence-corrected chi connectivity index (χ4v) is 4.35. The van der Waals surface area contributed by atoms with Gasteiger partial charge in [0.2, 0.25) is 5.91 Å². The van der Waals surface area contributed by atoms with E-state index in [9.17, 15) is 4.79 Å². The molecule has 31 heavy (non-hydrogen) atoms. The average Bonchev–Trinajstić information content (AvgIpc) is 2.85. The van der Waals surface area contributed by atoms with Crippen molar-refractivity contribution in [2.24, 2.45) is 0 Å². The third kappa shape index (κ3) is 4.55. The number of morpholine rings is 1. The number of piperidine rings is 1. The van der Waals surface area contributed by atoms with E-state index < -0.39 is 0 Å². The fraction of sp³-hybridized carbons (Fsp3) is 0.435. The molecule has 0 unspecified atom stereocenters. The van der Waals surface area contributed by atoms with E-state index in [1.165, 1.54) is 6.33 Å². The minimum Gasteiger partial charge on any atom is -0.378 e. The van der Waals surface area contributed by atoms with Crippen LogP contribution in [0.2, 0.25) is 0 Å². The lowest BCUT2D eigenvalue weighted by atomic mass is 9.92. The maximum absolute atomic E-state index is 12.5. The van der Waals surface area contributed by atoms with Crippen molar-refractivity contribution in [3.8, 4) is 11.1 Å². The summed E-state index contributed by atoms with van der Waals surface area (Å²) in [5.74, 6) is 0.623. The summed E-state index contributed by atoms with van der Waals surface area (Å²) in [6.45, 7) is 5.06. The predicted octanol–water partition coefficient (Wildman–Crippen LogP) is 2.12. The zero-order valence-electron chi connectivity index (χ0n) is 17.5. The molecule has 2 saturated heterocycles. The molecule has 0 N–H and O–H groups in total. The maximum atomic E-state index is 12.5. The molecule has 2 fully saturated rings. The van der Waals surface area contributed by atoms with E-state index in [1.54, 1.807) is 12.4 Å². The number of hydrogen-bond donors (Lipinski definition) is 0. The lowest BCUT2D eigenvalue weighted by Crippen LogP contribution is -2.47. The second-order valence-electron chi connectivity index (χ2n) is 8.18. The van der Waals surface area contributed by atoms with Gasteiger partial charge in [-0.25, -0.2) is 19.9 Å². The van der Waals surface area contributed by atoms with Gasteiger partial charge in [0.15, 0.2) is 5.65 Å². The summed E-state index contributed by atoms with van der Waals surface area (Å²) in [6.07, 6.45) is 8.94. The van der Waals surface area contributed by atoms with Gasteiger partial charge < -0.3 is 9.64 Å². The van der Waals surface area contributed by atoms with E-state index in [2.05, 4.69) is 38.1 Å². The van der Waals surface area contributed by atoms with E-state index in [0.717, 1.165) is 53.8 Å². The topological polar surface area (TPSA) is 84.3 Å². The largest absolute Gasteiger partial charge is 0.378 e. The molecule has 3 aromatic heterocycles. The average molecular weight is 419 g/mol. The molecule has 2 aliphatic rings. The number of amides is 1. The van der Waals surface area contributed by atoms with Crippen molar-refractivity contribution in [1.29, 1.82) is 0 Å². The van der Waals surface area contributed by atoms with Gasteiger partial charge in [-0.3, -0.25) is 9.69 Å². The summed E-state index contributed by atoms with van der Waals surface area (Å²) >= 11 is 0.